The summed E-state index contributed by atoms with van der Waals surface area (Å²) in [5.74, 6) is -0.237. The first kappa shape index (κ1) is 16.3. The predicted octanol–water partition coefficient (Wildman–Crippen LogP) is 5.26. The average Bonchev–Trinajstić information content (AvgIpc) is 2.43. The van der Waals surface area contributed by atoms with Crippen LogP contribution in [0.2, 0.25) is 5.02 Å². The van der Waals surface area contributed by atoms with E-state index in [0.29, 0.717) is 18.4 Å². The molecule has 0 saturated heterocycles. The van der Waals surface area contributed by atoms with Crippen LogP contribution in [0.5, 0.6) is 23.0 Å². The van der Waals surface area contributed by atoms with Crippen LogP contribution >= 0.6 is 11.6 Å². The van der Waals surface area contributed by atoms with E-state index < -0.39 is 17.5 Å². The van der Waals surface area contributed by atoms with Crippen LogP contribution in [-0.2, 0) is 6.18 Å². The summed E-state index contributed by atoms with van der Waals surface area (Å²) in [6.07, 6.45) is -4.67. The van der Waals surface area contributed by atoms with Crippen LogP contribution in [0.4, 0.5) is 13.2 Å². The Morgan fingerprint density at radius 1 is 1.09 bits per heavy atom. The molecule has 0 unspecified atom stereocenters. The van der Waals surface area contributed by atoms with Gasteiger partial charge in [0.1, 0.15) is 28.6 Å². The van der Waals surface area contributed by atoms with Crippen molar-refractivity contribution < 1.29 is 27.8 Å². The van der Waals surface area contributed by atoms with Gasteiger partial charge in [-0.25, -0.2) is 0 Å². The van der Waals surface area contributed by atoms with Crippen molar-refractivity contribution in [1.82, 2.24) is 0 Å². The zero-order valence-corrected chi connectivity index (χ0v) is 12.2. The molecule has 7 heteroatoms. The van der Waals surface area contributed by atoms with Gasteiger partial charge in [0.05, 0.1) is 11.6 Å². The number of ether oxygens (including phenoxy) is 2. The third-order valence-corrected chi connectivity index (χ3v) is 3.01. The van der Waals surface area contributed by atoms with Gasteiger partial charge in [-0.2, -0.15) is 13.2 Å². The highest BCUT2D eigenvalue weighted by molar-refractivity contribution is 6.32. The SMILES string of the molecule is CCOc1ccc(Oc2ccc(O)c(C(F)(F)F)c2)c(Cl)c1. The fourth-order valence-electron chi connectivity index (χ4n) is 1.75. The molecule has 2 aromatic carbocycles. The molecule has 0 aliphatic carbocycles. The van der Waals surface area contributed by atoms with Gasteiger partial charge in [-0.15, -0.1) is 0 Å². The standard InChI is InChI=1S/C15H12ClF3O3/c1-2-21-9-4-6-14(12(16)8-9)22-10-3-5-13(20)11(7-10)15(17,18)19/h3-8,20H,2H2,1H3. The Labute approximate surface area is 129 Å². The molecule has 1 N–H and O–H groups in total. The second-order valence-corrected chi connectivity index (χ2v) is 4.71. The number of phenols is 1. The van der Waals surface area contributed by atoms with Gasteiger partial charge >= 0.3 is 6.18 Å². The van der Waals surface area contributed by atoms with Crippen LogP contribution in [0.25, 0.3) is 0 Å². The number of benzene rings is 2. The Kier molecular flexibility index (Phi) is 4.71. The molecule has 0 radical (unpaired) electrons. The molecule has 3 nitrogen and oxygen atoms in total. The lowest BCUT2D eigenvalue weighted by Crippen LogP contribution is -2.05. The fraction of sp³-hybridized carbons (Fsp3) is 0.200. The number of aromatic hydroxyl groups is 1. The summed E-state index contributed by atoms with van der Waals surface area (Å²) in [6, 6.07) is 7.44. The summed E-state index contributed by atoms with van der Waals surface area (Å²) in [6.45, 7) is 2.27. The largest absolute Gasteiger partial charge is 0.507 e. The van der Waals surface area contributed by atoms with E-state index in [-0.39, 0.29) is 16.5 Å². The predicted molar refractivity (Wildman–Crippen MR) is 75.8 cm³/mol. The Bertz CT molecular complexity index is 672. The number of rotatable bonds is 4. The molecule has 0 amide bonds. The Morgan fingerprint density at radius 3 is 2.36 bits per heavy atom. The zero-order chi connectivity index (χ0) is 16.3. The van der Waals surface area contributed by atoms with Gasteiger partial charge in [0.25, 0.3) is 0 Å². The van der Waals surface area contributed by atoms with E-state index in [1.807, 2.05) is 6.92 Å². The van der Waals surface area contributed by atoms with E-state index in [1.165, 1.54) is 18.2 Å². The second kappa shape index (κ2) is 6.36. The average molecular weight is 333 g/mol. The summed E-state index contributed by atoms with van der Waals surface area (Å²) >= 11 is 6.00. The van der Waals surface area contributed by atoms with Crippen LogP contribution in [0, 0.1) is 0 Å². The van der Waals surface area contributed by atoms with Gasteiger partial charge in [-0.1, -0.05) is 11.6 Å². The van der Waals surface area contributed by atoms with Crippen molar-refractivity contribution in [1.29, 1.82) is 0 Å². The second-order valence-electron chi connectivity index (χ2n) is 4.30. The molecular formula is C15H12ClF3O3. The van der Waals surface area contributed by atoms with Gasteiger partial charge in [-0.3, -0.25) is 0 Å². The van der Waals surface area contributed by atoms with Crippen LogP contribution in [0.1, 0.15) is 12.5 Å². The van der Waals surface area contributed by atoms with Crippen molar-refractivity contribution in [3.8, 4) is 23.0 Å². The molecule has 118 valence electrons. The Morgan fingerprint density at radius 2 is 1.77 bits per heavy atom. The molecule has 2 aromatic rings. The fourth-order valence-corrected chi connectivity index (χ4v) is 1.96. The number of hydrogen-bond acceptors (Lipinski definition) is 3. The molecule has 2 rings (SSSR count). The third kappa shape index (κ3) is 3.76. The van der Waals surface area contributed by atoms with E-state index in [0.717, 1.165) is 6.07 Å². The summed E-state index contributed by atoms with van der Waals surface area (Å²) in [4.78, 5) is 0. The van der Waals surface area contributed by atoms with Crippen molar-refractivity contribution >= 4 is 11.6 Å². The molecular weight excluding hydrogens is 321 g/mol. The maximum Gasteiger partial charge on any atom is 0.420 e. The summed E-state index contributed by atoms with van der Waals surface area (Å²) in [7, 11) is 0. The Balaban J connectivity index is 2.28. The highest BCUT2D eigenvalue weighted by Gasteiger charge is 2.34. The van der Waals surface area contributed by atoms with Crippen molar-refractivity contribution in [2.75, 3.05) is 6.61 Å². The van der Waals surface area contributed by atoms with Crippen LogP contribution < -0.4 is 9.47 Å². The maximum absolute atomic E-state index is 12.7. The summed E-state index contributed by atoms with van der Waals surface area (Å²) < 4.78 is 48.8. The molecule has 0 spiro atoms. The first-order valence-corrected chi connectivity index (χ1v) is 6.69. The lowest BCUT2D eigenvalue weighted by atomic mass is 10.2. The van der Waals surface area contributed by atoms with Gasteiger partial charge in [-0.05, 0) is 37.3 Å². The topological polar surface area (TPSA) is 38.7 Å². The molecule has 0 fully saturated rings. The first-order chi connectivity index (χ1) is 10.3. The van der Waals surface area contributed by atoms with Crippen molar-refractivity contribution in [2.24, 2.45) is 0 Å². The minimum atomic E-state index is -4.67. The van der Waals surface area contributed by atoms with Gasteiger partial charge in [0, 0.05) is 6.07 Å². The van der Waals surface area contributed by atoms with Crippen molar-refractivity contribution in [3.05, 3.63) is 47.0 Å². The van der Waals surface area contributed by atoms with Gasteiger partial charge in [0.2, 0.25) is 0 Å². The lowest BCUT2D eigenvalue weighted by molar-refractivity contribution is -0.138. The highest BCUT2D eigenvalue weighted by Crippen LogP contribution is 2.39. The van der Waals surface area contributed by atoms with Gasteiger partial charge < -0.3 is 14.6 Å². The Hall–Kier alpha value is -2.08. The van der Waals surface area contributed by atoms with Crippen molar-refractivity contribution in [3.63, 3.8) is 0 Å². The van der Waals surface area contributed by atoms with Crippen LogP contribution in [0.15, 0.2) is 36.4 Å². The molecule has 0 aliphatic heterocycles. The summed E-state index contributed by atoms with van der Waals surface area (Å²) in [5, 5.41) is 9.47. The number of hydrogen-bond donors (Lipinski definition) is 1. The monoisotopic (exact) mass is 332 g/mol. The maximum atomic E-state index is 12.7. The van der Waals surface area contributed by atoms with Crippen molar-refractivity contribution in [2.45, 2.75) is 13.1 Å². The number of phenolic OH excluding ortho intramolecular Hbond substituents is 1. The normalized spacial score (nSPS) is 11.3. The molecule has 0 heterocycles. The minimum absolute atomic E-state index is 0.0869. The molecule has 0 atom stereocenters. The zero-order valence-electron chi connectivity index (χ0n) is 11.4. The lowest BCUT2D eigenvalue weighted by Gasteiger charge is -2.13. The van der Waals surface area contributed by atoms with E-state index >= 15 is 0 Å². The van der Waals surface area contributed by atoms with Crippen LogP contribution in [0.3, 0.4) is 0 Å². The van der Waals surface area contributed by atoms with Crippen LogP contribution in [-0.4, -0.2) is 11.7 Å². The van der Waals surface area contributed by atoms with E-state index in [4.69, 9.17) is 21.1 Å². The molecule has 22 heavy (non-hydrogen) atoms. The van der Waals surface area contributed by atoms with Gasteiger partial charge in [0.15, 0.2) is 0 Å². The van der Waals surface area contributed by atoms with E-state index in [2.05, 4.69) is 0 Å². The van der Waals surface area contributed by atoms with E-state index in [9.17, 15) is 18.3 Å². The summed E-state index contributed by atoms with van der Waals surface area (Å²) in [5.41, 5.74) is -1.17. The molecule has 0 aliphatic rings. The highest BCUT2D eigenvalue weighted by atomic mass is 35.5. The smallest absolute Gasteiger partial charge is 0.420 e. The molecule has 0 aromatic heterocycles. The quantitative estimate of drug-likeness (QED) is 0.830. The number of alkyl halides is 3. The molecule has 0 saturated carbocycles. The number of halogens is 4. The third-order valence-electron chi connectivity index (χ3n) is 2.72. The minimum Gasteiger partial charge on any atom is -0.507 e. The molecule has 0 bridgehead atoms. The first-order valence-electron chi connectivity index (χ1n) is 6.31. The van der Waals surface area contributed by atoms with E-state index in [1.54, 1.807) is 6.07 Å².